The van der Waals surface area contributed by atoms with E-state index >= 15 is 0 Å². The Morgan fingerprint density at radius 1 is 0.952 bits per heavy atom. The van der Waals surface area contributed by atoms with Crippen LogP contribution in [-0.2, 0) is 9.59 Å². The van der Waals surface area contributed by atoms with Crippen LogP contribution in [0.25, 0.3) is 0 Å². The summed E-state index contributed by atoms with van der Waals surface area (Å²) in [5.41, 5.74) is 0. The SMILES string of the molecule is O=C(O)C1CCC2CCCCC2N1C(=O)C1CCNCC1. The van der Waals surface area contributed by atoms with Crippen molar-refractivity contribution in [3.8, 4) is 0 Å². The van der Waals surface area contributed by atoms with Crippen molar-refractivity contribution < 1.29 is 14.7 Å². The Balaban J connectivity index is 1.81. The number of likely N-dealkylation sites (tertiary alicyclic amines) is 1. The summed E-state index contributed by atoms with van der Waals surface area (Å²) < 4.78 is 0. The van der Waals surface area contributed by atoms with Crippen LogP contribution < -0.4 is 5.32 Å². The number of piperidine rings is 2. The van der Waals surface area contributed by atoms with Crippen LogP contribution in [0.4, 0.5) is 0 Å². The molecule has 5 nitrogen and oxygen atoms in total. The Labute approximate surface area is 126 Å². The fourth-order valence-corrected chi connectivity index (χ4v) is 4.47. The molecule has 0 aromatic heterocycles. The van der Waals surface area contributed by atoms with Crippen LogP contribution in [0.15, 0.2) is 0 Å². The van der Waals surface area contributed by atoms with Crippen LogP contribution in [0.2, 0.25) is 0 Å². The molecule has 1 amide bonds. The molecule has 118 valence electrons. The first kappa shape index (κ1) is 14.8. The van der Waals surface area contributed by atoms with Crippen molar-refractivity contribution in [2.24, 2.45) is 11.8 Å². The van der Waals surface area contributed by atoms with Gasteiger partial charge in [0.25, 0.3) is 0 Å². The van der Waals surface area contributed by atoms with Crippen LogP contribution in [0.1, 0.15) is 51.4 Å². The third kappa shape index (κ3) is 2.93. The smallest absolute Gasteiger partial charge is 0.326 e. The molecule has 2 saturated heterocycles. The maximum atomic E-state index is 13.0. The summed E-state index contributed by atoms with van der Waals surface area (Å²) in [4.78, 5) is 26.4. The summed E-state index contributed by atoms with van der Waals surface area (Å²) in [5, 5.41) is 12.8. The van der Waals surface area contributed by atoms with E-state index < -0.39 is 12.0 Å². The second-order valence-electron chi connectivity index (χ2n) is 6.81. The van der Waals surface area contributed by atoms with Gasteiger partial charge in [0.05, 0.1) is 0 Å². The number of nitrogens with zero attached hydrogens (tertiary/aromatic N) is 1. The molecule has 3 atom stereocenters. The number of rotatable bonds is 2. The van der Waals surface area contributed by atoms with Crippen molar-refractivity contribution in [1.29, 1.82) is 0 Å². The van der Waals surface area contributed by atoms with Crippen molar-refractivity contribution in [3.05, 3.63) is 0 Å². The van der Waals surface area contributed by atoms with Crippen molar-refractivity contribution in [1.82, 2.24) is 10.2 Å². The summed E-state index contributed by atoms with van der Waals surface area (Å²) in [6.45, 7) is 1.74. The van der Waals surface area contributed by atoms with Gasteiger partial charge in [0.1, 0.15) is 6.04 Å². The molecule has 0 aromatic rings. The highest BCUT2D eigenvalue weighted by molar-refractivity contribution is 5.85. The van der Waals surface area contributed by atoms with E-state index in [1.54, 1.807) is 4.90 Å². The molecule has 3 aliphatic rings. The quantitative estimate of drug-likeness (QED) is 0.812. The minimum Gasteiger partial charge on any atom is -0.480 e. The average Bonchev–Trinajstić information content (AvgIpc) is 2.53. The number of nitrogens with one attached hydrogen (secondary N) is 1. The van der Waals surface area contributed by atoms with Crippen LogP contribution >= 0.6 is 0 Å². The lowest BCUT2D eigenvalue weighted by molar-refractivity contribution is -0.161. The van der Waals surface area contributed by atoms with Crippen molar-refractivity contribution in [3.63, 3.8) is 0 Å². The maximum absolute atomic E-state index is 13.0. The molecule has 2 N–H and O–H groups in total. The molecule has 21 heavy (non-hydrogen) atoms. The number of carbonyl (C=O) groups excluding carboxylic acids is 1. The third-order valence-electron chi connectivity index (χ3n) is 5.60. The summed E-state index contributed by atoms with van der Waals surface area (Å²) in [6.07, 6.45) is 7.80. The second-order valence-corrected chi connectivity index (χ2v) is 6.81. The van der Waals surface area contributed by atoms with Gasteiger partial charge in [0.15, 0.2) is 0 Å². The highest BCUT2D eigenvalue weighted by Crippen LogP contribution is 2.39. The summed E-state index contributed by atoms with van der Waals surface area (Å²) in [7, 11) is 0. The number of aliphatic carboxylic acids is 1. The van der Waals surface area contributed by atoms with E-state index in [-0.39, 0.29) is 17.9 Å². The van der Waals surface area contributed by atoms with Gasteiger partial charge in [0, 0.05) is 12.0 Å². The minimum atomic E-state index is -0.818. The Morgan fingerprint density at radius 3 is 2.38 bits per heavy atom. The molecule has 1 saturated carbocycles. The fourth-order valence-electron chi connectivity index (χ4n) is 4.47. The lowest BCUT2D eigenvalue weighted by Gasteiger charge is -2.48. The number of amides is 1. The molecule has 3 rings (SSSR count). The molecule has 2 heterocycles. The van der Waals surface area contributed by atoms with Crippen LogP contribution in [-0.4, -0.2) is 47.1 Å². The molecular weight excluding hydrogens is 268 g/mol. The topological polar surface area (TPSA) is 69.6 Å². The first-order chi connectivity index (χ1) is 10.2. The standard InChI is InChI=1S/C16H26N2O3/c19-15(12-7-9-17-10-8-12)18-13-4-2-1-3-11(13)5-6-14(18)16(20)21/h11-14,17H,1-10H2,(H,20,21). The highest BCUT2D eigenvalue weighted by atomic mass is 16.4. The number of carboxylic acid groups (broad SMARTS) is 1. The normalized spacial score (nSPS) is 34.3. The second kappa shape index (κ2) is 6.34. The van der Waals surface area contributed by atoms with Gasteiger partial charge in [-0.25, -0.2) is 4.79 Å². The first-order valence-corrected chi connectivity index (χ1v) is 8.44. The molecule has 0 radical (unpaired) electrons. The van der Waals surface area contributed by atoms with E-state index in [1.165, 1.54) is 6.42 Å². The highest BCUT2D eigenvalue weighted by Gasteiger charge is 2.45. The molecule has 0 aromatic carbocycles. The van der Waals surface area contributed by atoms with E-state index in [0.29, 0.717) is 12.3 Å². The van der Waals surface area contributed by atoms with Crippen molar-refractivity contribution in [2.75, 3.05) is 13.1 Å². The van der Waals surface area contributed by atoms with Gasteiger partial charge in [-0.05, 0) is 57.5 Å². The van der Waals surface area contributed by atoms with Gasteiger partial charge < -0.3 is 15.3 Å². The lowest BCUT2D eigenvalue weighted by atomic mass is 9.75. The summed E-state index contributed by atoms with van der Waals surface area (Å²) in [6, 6.07) is -0.414. The van der Waals surface area contributed by atoms with E-state index in [1.807, 2.05) is 0 Å². The number of hydrogen-bond donors (Lipinski definition) is 2. The molecule has 5 heteroatoms. The molecule has 2 aliphatic heterocycles. The molecule has 1 aliphatic carbocycles. The first-order valence-electron chi connectivity index (χ1n) is 8.44. The van der Waals surface area contributed by atoms with Gasteiger partial charge >= 0.3 is 5.97 Å². The zero-order valence-corrected chi connectivity index (χ0v) is 12.6. The van der Waals surface area contributed by atoms with E-state index in [0.717, 1.165) is 51.6 Å². The lowest BCUT2D eigenvalue weighted by Crippen LogP contribution is -2.59. The van der Waals surface area contributed by atoms with Gasteiger partial charge in [-0.3, -0.25) is 4.79 Å². The predicted octanol–water partition coefficient (Wildman–Crippen LogP) is 1.62. The van der Waals surface area contributed by atoms with E-state index in [4.69, 9.17) is 0 Å². The zero-order chi connectivity index (χ0) is 14.8. The number of carboxylic acids is 1. The Bertz CT molecular complexity index is 406. The van der Waals surface area contributed by atoms with E-state index in [2.05, 4.69) is 5.32 Å². The van der Waals surface area contributed by atoms with Gasteiger partial charge in [0.2, 0.25) is 5.91 Å². The minimum absolute atomic E-state index is 0.0220. The monoisotopic (exact) mass is 294 g/mol. The van der Waals surface area contributed by atoms with Crippen LogP contribution in [0.5, 0.6) is 0 Å². The van der Waals surface area contributed by atoms with Crippen LogP contribution in [0, 0.1) is 11.8 Å². The number of hydrogen-bond acceptors (Lipinski definition) is 3. The van der Waals surface area contributed by atoms with Crippen LogP contribution in [0.3, 0.4) is 0 Å². The van der Waals surface area contributed by atoms with E-state index in [9.17, 15) is 14.7 Å². The average molecular weight is 294 g/mol. The zero-order valence-electron chi connectivity index (χ0n) is 12.6. The predicted molar refractivity (Wildman–Crippen MR) is 78.8 cm³/mol. The Kier molecular flexibility index (Phi) is 4.48. The van der Waals surface area contributed by atoms with Gasteiger partial charge in [-0.2, -0.15) is 0 Å². The largest absolute Gasteiger partial charge is 0.480 e. The molecule has 3 fully saturated rings. The summed E-state index contributed by atoms with van der Waals surface area (Å²) in [5.74, 6) is -0.157. The summed E-state index contributed by atoms with van der Waals surface area (Å²) >= 11 is 0. The third-order valence-corrected chi connectivity index (χ3v) is 5.60. The molecular formula is C16H26N2O3. The van der Waals surface area contributed by atoms with Crippen molar-refractivity contribution >= 4 is 11.9 Å². The van der Waals surface area contributed by atoms with Gasteiger partial charge in [-0.15, -0.1) is 0 Å². The van der Waals surface area contributed by atoms with Crippen molar-refractivity contribution in [2.45, 2.75) is 63.5 Å². The molecule has 0 spiro atoms. The number of fused-ring (bicyclic) bond motifs is 1. The Hall–Kier alpha value is -1.10. The van der Waals surface area contributed by atoms with Gasteiger partial charge in [-0.1, -0.05) is 12.8 Å². The fraction of sp³-hybridized carbons (Fsp3) is 0.875. The number of carbonyl (C=O) groups is 2. The molecule has 3 unspecified atom stereocenters. The Morgan fingerprint density at radius 2 is 1.67 bits per heavy atom. The molecule has 0 bridgehead atoms. The maximum Gasteiger partial charge on any atom is 0.326 e.